The van der Waals surface area contributed by atoms with E-state index in [-0.39, 0.29) is 0 Å². The van der Waals surface area contributed by atoms with Crippen LogP contribution in [0.4, 0.5) is 0 Å². The van der Waals surface area contributed by atoms with Crippen LogP contribution in [-0.4, -0.2) is 0 Å². The summed E-state index contributed by atoms with van der Waals surface area (Å²) in [4.78, 5) is 0. The van der Waals surface area contributed by atoms with Gasteiger partial charge in [-0.1, -0.05) is 52.3 Å². The lowest BCUT2D eigenvalue weighted by Gasteiger charge is -2.06. The first-order valence-corrected chi connectivity index (χ1v) is 6.12. The fraction of sp³-hybridized carbons (Fsp3) is 0.0667. The van der Waals surface area contributed by atoms with Gasteiger partial charge in [-0.3, -0.25) is 0 Å². The Balaban J connectivity index is 2.55. The van der Waals surface area contributed by atoms with Gasteiger partial charge in [0.25, 0.3) is 0 Å². The van der Waals surface area contributed by atoms with E-state index in [0.717, 1.165) is 0 Å². The van der Waals surface area contributed by atoms with E-state index in [1.54, 1.807) is 0 Å². The first-order valence-electron chi connectivity index (χ1n) is 5.33. The molecule has 0 spiro atoms. The third kappa shape index (κ3) is 1.43. The van der Waals surface area contributed by atoms with Gasteiger partial charge in [0.15, 0.2) is 0 Å². The molecule has 0 nitrogen and oxygen atoms in total. The van der Waals surface area contributed by atoms with Gasteiger partial charge in [-0.15, -0.1) is 0 Å². The zero-order valence-electron chi connectivity index (χ0n) is 9.00. The van der Waals surface area contributed by atoms with Crippen molar-refractivity contribution in [3.63, 3.8) is 0 Å². The van der Waals surface area contributed by atoms with E-state index in [2.05, 4.69) is 71.4 Å². The van der Waals surface area contributed by atoms with Crippen molar-refractivity contribution in [2.24, 2.45) is 0 Å². The van der Waals surface area contributed by atoms with Crippen LogP contribution in [0.15, 0.2) is 53.0 Å². The SMILES string of the molecule is Cc1cc2c(ccc3ccccc32)cc1Br. The van der Waals surface area contributed by atoms with Crippen molar-refractivity contribution in [1.82, 2.24) is 0 Å². The Morgan fingerprint density at radius 2 is 1.56 bits per heavy atom. The van der Waals surface area contributed by atoms with Gasteiger partial charge in [0, 0.05) is 4.47 Å². The van der Waals surface area contributed by atoms with Crippen molar-refractivity contribution in [2.75, 3.05) is 0 Å². The predicted molar refractivity (Wildman–Crippen MR) is 73.9 cm³/mol. The van der Waals surface area contributed by atoms with Crippen LogP contribution in [0.5, 0.6) is 0 Å². The number of rotatable bonds is 0. The van der Waals surface area contributed by atoms with Crippen molar-refractivity contribution in [1.29, 1.82) is 0 Å². The molecule has 0 saturated heterocycles. The zero-order chi connectivity index (χ0) is 11.1. The molecule has 0 saturated carbocycles. The normalized spacial score (nSPS) is 11.1. The first-order chi connectivity index (χ1) is 7.75. The third-order valence-electron chi connectivity index (χ3n) is 3.02. The fourth-order valence-corrected chi connectivity index (χ4v) is 2.50. The highest BCUT2D eigenvalue weighted by Crippen LogP contribution is 2.29. The van der Waals surface area contributed by atoms with Gasteiger partial charge >= 0.3 is 0 Å². The molecule has 0 atom stereocenters. The lowest BCUT2D eigenvalue weighted by Crippen LogP contribution is -1.81. The first kappa shape index (κ1) is 9.86. The maximum absolute atomic E-state index is 3.58. The van der Waals surface area contributed by atoms with E-state index in [1.807, 2.05) is 0 Å². The summed E-state index contributed by atoms with van der Waals surface area (Å²) in [6.45, 7) is 2.13. The number of fused-ring (bicyclic) bond motifs is 3. The number of hydrogen-bond donors (Lipinski definition) is 0. The van der Waals surface area contributed by atoms with Gasteiger partial charge in [0.1, 0.15) is 0 Å². The summed E-state index contributed by atoms with van der Waals surface area (Å²) in [5.74, 6) is 0. The van der Waals surface area contributed by atoms with Crippen molar-refractivity contribution >= 4 is 37.5 Å². The average Bonchev–Trinajstić information content (AvgIpc) is 2.31. The molecule has 16 heavy (non-hydrogen) atoms. The summed E-state index contributed by atoms with van der Waals surface area (Å²) in [6.07, 6.45) is 0. The molecule has 3 aromatic carbocycles. The van der Waals surface area contributed by atoms with E-state index >= 15 is 0 Å². The lowest BCUT2D eigenvalue weighted by atomic mass is 10.0. The Bertz CT molecular complexity index is 683. The minimum absolute atomic E-state index is 1.18. The molecule has 0 aliphatic rings. The molecule has 3 aromatic rings. The molecule has 0 unspecified atom stereocenters. The number of hydrogen-bond acceptors (Lipinski definition) is 0. The number of halogens is 1. The standard InChI is InChI=1S/C15H11Br/c1-10-8-14-12(9-15(10)16)7-6-11-4-2-3-5-13(11)14/h2-9H,1H3. The minimum Gasteiger partial charge on any atom is -0.0616 e. The van der Waals surface area contributed by atoms with Gasteiger partial charge in [-0.25, -0.2) is 0 Å². The molecule has 0 aromatic heterocycles. The molecule has 0 aliphatic heterocycles. The minimum atomic E-state index is 1.18. The molecule has 0 heterocycles. The van der Waals surface area contributed by atoms with Crippen LogP contribution < -0.4 is 0 Å². The highest BCUT2D eigenvalue weighted by atomic mass is 79.9. The highest BCUT2D eigenvalue weighted by Gasteiger charge is 2.02. The van der Waals surface area contributed by atoms with E-state index in [1.165, 1.54) is 31.6 Å². The van der Waals surface area contributed by atoms with E-state index in [9.17, 15) is 0 Å². The molecule has 0 aliphatic carbocycles. The largest absolute Gasteiger partial charge is 0.0616 e. The third-order valence-corrected chi connectivity index (χ3v) is 3.88. The van der Waals surface area contributed by atoms with Gasteiger partial charge in [-0.2, -0.15) is 0 Å². The molecule has 3 rings (SSSR count). The van der Waals surface area contributed by atoms with Crippen molar-refractivity contribution in [3.05, 3.63) is 58.6 Å². The van der Waals surface area contributed by atoms with Gasteiger partial charge < -0.3 is 0 Å². The Morgan fingerprint density at radius 1 is 0.812 bits per heavy atom. The lowest BCUT2D eigenvalue weighted by molar-refractivity contribution is 1.47. The Hall–Kier alpha value is -1.34. The Labute approximate surface area is 103 Å². The van der Waals surface area contributed by atoms with Gasteiger partial charge in [0.2, 0.25) is 0 Å². The summed E-state index contributed by atoms with van der Waals surface area (Å²) >= 11 is 3.58. The second kappa shape index (κ2) is 3.60. The molecular weight excluding hydrogens is 260 g/mol. The molecule has 78 valence electrons. The molecule has 0 bridgehead atoms. The summed E-state index contributed by atoms with van der Waals surface area (Å²) in [7, 11) is 0. The molecule has 1 heteroatoms. The predicted octanol–water partition coefficient (Wildman–Crippen LogP) is 5.06. The zero-order valence-corrected chi connectivity index (χ0v) is 10.6. The summed E-state index contributed by atoms with van der Waals surface area (Å²) in [5, 5.41) is 5.25. The van der Waals surface area contributed by atoms with Gasteiger partial charge in [-0.05, 0) is 46.2 Å². The van der Waals surface area contributed by atoms with Gasteiger partial charge in [0.05, 0.1) is 0 Å². The summed E-state index contributed by atoms with van der Waals surface area (Å²) in [5.41, 5.74) is 1.28. The highest BCUT2D eigenvalue weighted by molar-refractivity contribution is 9.10. The van der Waals surface area contributed by atoms with Crippen LogP contribution in [0.25, 0.3) is 21.5 Å². The molecule has 0 radical (unpaired) electrons. The van der Waals surface area contributed by atoms with Crippen molar-refractivity contribution < 1.29 is 0 Å². The maximum atomic E-state index is 3.58. The Kier molecular flexibility index (Phi) is 2.22. The second-order valence-corrected chi connectivity index (χ2v) is 4.96. The van der Waals surface area contributed by atoms with Crippen LogP contribution in [0.3, 0.4) is 0 Å². The van der Waals surface area contributed by atoms with E-state index in [4.69, 9.17) is 0 Å². The molecule has 0 fully saturated rings. The fourth-order valence-electron chi connectivity index (χ4n) is 2.14. The molecule has 0 N–H and O–H groups in total. The van der Waals surface area contributed by atoms with Crippen molar-refractivity contribution in [2.45, 2.75) is 6.92 Å². The topological polar surface area (TPSA) is 0 Å². The van der Waals surface area contributed by atoms with Crippen LogP contribution in [0.1, 0.15) is 5.56 Å². The quantitative estimate of drug-likeness (QED) is 0.501. The monoisotopic (exact) mass is 270 g/mol. The summed E-state index contributed by atoms with van der Waals surface area (Å²) < 4.78 is 1.18. The second-order valence-electron chi connectivity index (χ2n) is 4.11. The Morgan fingerprint density at radius 3 is 2.44 bits per heavy atom. The van der Waals surface area contributed by atoms with E-state index < -0.39 is 0 Å². The van der Waals surface area contributed by atoms with E-state index in [0.29, 0.717) is 0 Å². The van der Waals surface area contributed by atoms with Crippen molar-refractivity contribution in [3.8, 4) is 0 Å². The van der Waals surface area contributed by atoms with Crippen LogP contribution in [0, 0.1) is 6.92 Å². The molecule has 0 amide bonds. The number of aryl methyl sites for hydroxylation is 1. The smallest absolute Gasteiger partial charge is 0.0210 e. The average molecular weight is 271 g/mol. The van der Waals surface area contributed by atoms with Crippen LogP contribution in [0.2, 0.25) is 0 Å². The molecular formula is C15H11Br. The summed E-state index contributed by atoms with van der Waals surface area (Å²) in [6, 6.07) is 17.3. The van der Waals surface area contributed by atoms with Crippen LogP contribution >= 0.6 is 15.9 Å². The number of benzene rings is 3. The maximum Gasteiger partial charge on any atom is 0.0210 e. The van der Waals surface area contributed by atoms with Crippen LogP contribution in [-0.2, 0) is 0 Å².